The van der Waals surface area contributed by atoms with Crippen molar-refractivity contribution in [2.24, 2.45) is 0 Å². The van der Waals surface area contributed by atoms with E-state index >= 15 is 0 Å². The number of ketones is 1. The molecule has 1 aliphatic heterocycles. The third-order valence-electron chi connectivity index (χ3n) is 4.77. The summed E-state index contributed by atoms with van der Waals surface area (Å²) in [6.45, 7) is 1.97. The number of benzene rings is 1. The maximum Gasteiger partial charge on any atom is 0.416 e. The minimum Gasteiger partial charge on any atom is -0.307 e. The molecule has 0 atom stereocenters. The number of amides is 2. The number of carbonyl (C=O) groups excluding carboxylic acids is 2. The molecule has 0 fully saturated rings. The Balaban J connectivity index is 1.73. The van der Waals surface area contributed by atoms with Crippen LogP contribution in [0.25, 0.3) is 0 Å². The number of anilines is 2. The second-order valence-electron chi connectivity index (χ2n) is 7.31. The molecule has 1 aliphatic rings. The van der Waals surface area contributed by atoms with Crippen LogP contribution < -0.4 is 10.6 Å². The number of halogens is 4. The zero-order chi connectivity index (χ0) is 24.0. The molecular formula is C22H23BrF3N3O2S2. The zero-order valence-electron chi connectivity index (χ0n) is 17.7. The molecule has 1 aromatic carbocycles. The van der Waals surface area contributed by atoms with Gasteiger partial charge in [-0.05, 0) is 51.4 Å². The molecule has 11 heteroatoms. The molecule has 0 saturated heterocycles. The summed E-state index contributed by atoms with van der Waals surface area (Å²) < 4.78 is 40.3. The van der Waals surface area contributed by atoms with Crippen molar-refractivity contribution in [3.05, 3.63) is 61.8 Å². The Hall–Kier alpha value is -2.11. The fourth-order valence-corrected chi connectivity index (χ4v) is 6.36. The van der Waals surface area contributed by atoms with Crippen molar-refractivity contribution in [2.75, 3.05) is 10.6 Å². The lowest BCUT2D eigenvalue weighted by Crippen LogP contribution is -2.21. The number of thiazole rings is 1. The lowest BCUT2D eigenvalue weighted by atomic mass is 10.0. The number of alkyl halides is 3. The molecule has 3 rings (SSSR count). The topological polar surface area (TPSA) is 71.1 Å². The molecule has 0 unspecified atom stereocenters. The molecule has 1 aromatic heterocycles. The van der Waals surface area contributed by atoms with Crippen molar-refractivity contribution in [1.82, 2.24) is 4.98 Å². The summed E-state index contributed by atoms with van der Waals surface area (Å²) in [4.78, 5) is 29.6. The minimum atomic E-state index is -4.59. The van der Waals surface area contributed by atoms with Crippen LogP contribution in [-0.2, 0) is 11.9 Å². The van der Waals surface area contributed by atoms with E-state index < -0.39 is 34.4 Å². The van der Waals surface area contributed by atoms with Gasteiger partial charge in [-0.2, -0.15) is 13.2 Å². The van der Waals surface area contributed by atoms with Crippen LogP contribution in [0.1, 0.15) is 54.2 Å². The highest BCUT2D eigenvalue weighted by Gasteiger charge is 2.32. The average Bonchev–Trinajstić information content (AvgIpc) is 3.37. The Morgan fingerprint density at radius 2 is 1.88 bits per heavy atom. The summed E-state index contributed by atoms with van der Waals surface area (Å²) in [6.07, 6.45) is 1.74. The summed E-state index contributed by atoms with van der Waals surface area (Å²) in [5.74, 6) is 0.294. The average molecular weight is 562 g/mol. The Morgan fingerprint density at radius 1 is 1.15 bits per heavy atom. The summed E-state index contributed by atoms with van der Waals surface area (Å²) in [7, 11) is -0.420. The number of allylic oxidation sites excluding steroid dienone is 2. The number of nitrogens with one attached hydrogen (secondary N) is 2. The first-order valence-electron chi connectivity index (χ1n) is 10.3. The standard InChI is InChI=1S/C22H23BrF3N3O2S2/c1-2-3-4-7-18(30)15-12-14(22(24,25)26)8-9-16(15)27-20(31)29-21-28-17(19(23)32-21)13-33-10-5-6-11-33/h5-6,8-12,33H,2-4,7,13H2,1H3,(H2,27,28,29,31). The molecule has 0 spiro atoms. The third-order valence-corrected chi connectivity index (χ3v) is 8.29. The summed E-state index contributed by atoms with van der Waals surface area (Å²) in [5.41, 5.74) is -0.237. The lowest BCUT2D eigenvalue weighted by Gasteiger charge is -2.14. The normalized spacial score (nSPS) is 14.0. The van der Waals surface area contributed by atoms with Crippen molar-refractivity contribution in [3.8, 4) is 0 Å². The maximum atomic E-state index is 13.2. The smallest absolute Gasteiger partial charge is 0.307 e. The molecule has 0 aliphatic carbocycles. The van der Waals surface area contributed by atoms with E-state index in [4.69, 9.17) is 0 Å². The molecule has 2 amide bonds. The second-order valence-corrected chi connectivity index (χ2v) is 11.6. The number of nitrogens with zero attached hydrogens (tertiary/aromatic N) is 1. The summed E-state index contributed by atoms with van der Waals surface area (Å²) >= 11 is 4.71. The van der Waals surface area contributed by atoms with E-state index in [-0.39, 0.29) is 17.7 Å². The van der Waals surface area contributed by atoms with Gasteiger partial charge in [0, 0.05) is 17.7 Å². The monoisotopic (exact) mass is 561 g/mol. The molecule has 0 saturated carbocycles. The van der Waals surface area contributed by atoms with Crippen molar-refractivity contribution >= 4 is 60.8 Å². The van der Waals surface area contributed by atoms with E-state index in [1.807, 2.05) is 19.1 Å². The highest BCUT2D eigenvalue weighted by atomic mass is 79.9. The van der Waals surface area contributed by atoms with Gasteiger partial charge in [0.15, 0.2) is 10.9 Å². The van der Waals surface area contributed by atoms with Gasteiger partial charge in [-0.15, -0.1) is 0 Å². The number of Topliss-reactive ketones (excluding diaryl/α,β-unsaturated/α-hetero) is 1. The van der Waals surface area contributed by atoms with Crippen LogP contribution in [0.3, 0.4) is 0 Å². The Morgan fingerprint density at radius 3 is 2.55 bits per heavy atom. The van der Waals surface area contributed by atoms with Gasteiger partial charge in [-0.25, -0.2) is 20.7 Å². The number of hydrogen-bond donors (Lipinski definition) is 3. The van der Waals surface area contributed by atoms with Crippen LogP contribution in [-0.4, -0.2) is 16.8 Å². The number of carbonyl (C=O) groups is 2. The molecule has 178 valence electrons. The van der Waals surface area contributed by atoms with Crippen molar-refractivity contribution in [2.45, 2.75) is 44.5 Å². The van der Waals surface area contributed by atoms with E-state index in [2.05, 4.69) is 42.4 Å². The van der Waals surface area contributed by atoms with E-state index in [1.54, 1.807) is 0 Å². The first-order valence-corrected chi connectivity index (χ1v) is 13.5. The van der Waals surface area contributed by atoms with Crippen LogP contribution in [0.15, 0.2) is 45.0 Å². The first-order chi connectivity index (χ1) is 15.7. The Labute approximate surface area is 205 Å². The Kier molecular flexibility index (Phi) is 8.77. The summed E-state index contributed by atoms with van der Waals surface area (Å²) in [6, 6.07) is 2.07. The number of aromatic nitrogens is 1. The first kappa shape index (κ1) is 25.5. The zero-order valence-corrected chi connectivity index (χ0v) is 21.0. The number of thiol groups is 1. The van der Waals surface area contributed by atoms with E-state index in [9.17, 15) is 22.8 Å². The van der Waals surface area contributed by atoms with Crippen LogP contribution in [0, 0.1) is 0 Å². The van der Waals surface area contributed by atoms with Gasteiger partial charge in [0.25, 0.3) is 0 Å². The van der Waals surface area contributed by atoms with Crippen LogP contribution >= 0.6 is 38.2 Å². The second kappa shape index (κ2) is 11.3. The quantitative estimate of drug-likeness (QED) is 0.166. The predicted octanol–water partition coefficient (Wildman–Crippen LogP) is 7.87. The highest BCUT2D eigenvalue weighted by molar-refractivity contribution is 9.11. The fraction of sp³-hybridized carbons (Fsp3) is 0.318. The van der Waals surface area contributed by atoms with Gasteiger partial charge in [-0.3, -0.25) is 10.1 Å². The van der Waals surface area contributed by atoms with Gasteiger partial charge in [-0.1, -0.05) is 43.3 Å². The van der Waals surface area contributed by atoms with Gasteiger partial charge in [0.05, 0.1) is 20.7 Å². The molecule has 5 nitrogen and oxygen atoms in total. The minimum absolute atomic E-state index is 0.0301. The molecule has 0 bridgehead atoms. The van der Waals surface area contributed by atoms with Crippen molar-refractivity contribution in [3.63, 3.8) is 0 Å². The van der Waals surface area contributed by atoms with Crippen molar-refractivity contribution in [1.29, 1.82) is 0 Å². The third kappa shape index (κ3) is 7.18. The van der Waals surface area contributed by atoms with Gasteiger partial charge >= 0.3 is 12.2 Å². The molecule has 0 radical (unpaired) electrons. The summed E-state index contributed by atoms with van der Waals surface area (Å²) in [5, 5.41) is 9.69. The van der Waals surface area contributed by atoms with Gasteiger partial charge < -0.3 is 5.32 Å². The van der Waals surface area contributed by atoms with Crippen LogP contribution in [0.2, 0.25) is 0 Å². The van der Waals surface area contributed by atoms with Crippen LogP contribution in [0.4, 0.5) is 28.8 Å². The Bertz CT molecular complexity index is 1070. The number of unbranched alkanes of at least 4 members (excludes halogenated alkanes) is 2. The largest absolute Gasteiger partial charge is 0.416 e. The van der Waals surface area contributed by atoms with Crippen molar-refractivity contribution < 1.29 is 22.8 Å². The van der Waals surface area contributed by atoms with E-state index in [0.717, 1.165) is 46.3 Å². The molecular weight excluding hydrogens is 539 g/mol. The van der Waals surface area contributed by atoms with E-state index in [1.165, 1.54) is 11.3 Å². The van der Waals surface area contributed by atoms with E-state index in [0.29, 0.717) is 11.6 Å². The highest BCUT2D eigenvalue weighted by Crippen LogP contribution is 2.40. The fourth-order valence-electron chi connectivity index (χ4n) is 3.11. The molecule has 2 N–H and O–H groups in total. The number of rotatable bonds is 9. The van der Waals surface area contributed by atoms with Gasteiger partial charge in [0.1, 0.15) is 0 Å². The van der Waals surface area contributed by atoms with Gasteiger partial charge in [0.2, 0.25) is 0 Å². The SMILES string of the molecule is CCCCCC(=O)c1cc(C(F)(F)F)ccc1NC(=O)Nc1nc(C[SH]2C=CC=C2)c(Br)s1. The number of urea groups is 1. The molecule has 33 heavy (non-hydrogen) atoms. The molecule has 2 heterocycles. The van der Waals surface area contributed by atoms with Crippen LogP contribution in [0.5, 0.6) is 0 Å². The lowest BCUT2D eigenvalue weighted by molar-refractivity contribution is -0.137. The predicted molar refractivity (Wildman–Crippen MR) is 133 cm³/mol. The molecule has 2 aromatic rings. The number of hydrogen-bond acceptors (Lipinski definition) is 4. The maximum absolute atomic E-state index is 13.2.